The number of carboxylic acid groups (broad SMARTS) is 1. The molecule has 5 heteroatoms. The summed E-state index contributed by atoms with van der Waals surface area (Å²) >= 11 is 1.68. The summed E-state index contributed by atoms with van der Waals surface area (Å²) in [5, 5.41) is 11.0. The lowest BCUT2D eigenvalue weighted by Crippen LogP contribution is -2.36. The molecule has 1 fully saturated rings. The quantitative estimate of drug-likeness (QED) is 0.839. The number of rotatable bonds is 5. The van der Waals surface area contributed by atoms with Gasteiger partial charge in [0.15, 0.2) is 0 Å². The Labute approximate surface area is 105 Å². The number of hydrogen-bond donors (Lipinski definition) is 2. The molecule has 1 aliphatic rings. The number of nitrogens with two attached hydrogens (primary N) is 1. The van der Waals surface area contributed by atoms with Crippen LogP contribution in [-0.4, -0.2) is 35.1 Å². The molecule has 94 valence electrons. The molecular formula is C12H18N2O2S. The molecule has 0 aliphatic carbocycles. The Balaban J connectivity index is 2.09. The molecule has 1 aliphatic heterocycles. The molecule has 0 spiro atoms. The maximum atomic E-state index is 10.9. The van der Waals surface area contributed by atoms with E-state index in [2.05, 4.69) is 11.0 Å². The normalized spacial score (nSPS) is 20.3. The van der Waals surface area contributed by atoms with Crippen LogP contribution in [0.1, 0.15) is 30.2 Å². The first-order valence-electron chi connectivity index (χ1n) is 5.94. The average molecular weight is 254 g/mol. The van der Waals surface area contributed by atoms with Gasteiger partial charge in [-0.25, -0.2) is 0 Å². The molecule has 2 rings (SSSR count). The molecule has 2 atom stereocenters. The lowest BCUT2D eigenvalue weighted by Gasteiger charge is -2.27. The molecule has 0 radical (unpaired) electrons. The van der Waals surface area contributed by atoms with Gasteiger partial charge >= 0.3 is 5.97 Å². The molecule has 0 amide bonds. The number of aliphatic carboxylic acids is 1. The molecule has 1 saturated heterocycles. The van der Waals surface area contributed by atoms with E-state index in [1.165, 1.54) is 17.7 Å². The van der Waals surface area contributed by atoms with E-state index in [0.717, 1.165) is 13.1 Å². The van der Waals surface area contributed by atoms with Gasteiger partial charge in [0.2, 0.25) is 0 Å². The Morgan fingerprint density at radius 2 is 2.24 bits per heavy atom. The van der Waals surface area contributed by atoms with Crippen LogP contribution < -0.4 is 5.73 Å². The number of likely N-dealkylation sites (tertiary alicyclic amines) is 1. The number of hydrogen-bond acceptors (Lipinski definition) is 4. The summed E-state index contributed by atoms with van der Waals surface area (Å²) in [6, 6.07) is 3.48. The molecule has 0 bridgehead atoms. The van der Waals surface area contributed by atoms with Crippen molar-refractivity contribution < 1.29 is 9.90 Å². The monoisotopic (exact) mass is 254 g/mol. The summed E-state index contributed by atoms with van der Waals surface area (Å²) in [5.41, 5.74) is 5.67. The topological polar surface area (TPSA) is 66.6 Å². The van der Waals surface area contributed by atoms with E-state index in [9.17, 15) is 4.79 Å². The molecular weight excluding hydrogens is 236 g/mol. The zero-order chi connectivity index (χ0) is 12.3. The highest BCUT2D eigenvalue weighted by Gasteiger charge is 2.28. The fourth-order valence-electron chi connectivity index (χ4n) is 2.32. The number of carbonyl (C=O) groups is 1. The second kappa shape index (κ2) is 5.62. The number of nitrogens with zero attached hydrogens (tertiary/aromatic N) is 1. The molecule has 0 unspecified atom stereocenters. The SMILES string of the molecule is N[C@H](C[C@@H](c1cccs1)N1CCCC1)C(=O)O. The lowest BCUT2D eigenvalue weighted by atomic mass is 10.1. The smallest absolute Gasteiger partial charge is 0.320 e. The zero-order valence-electron chi connectivity index (χ0n) is 9.71. The van der Waals surface area contributed by atoms with Crippen LogP contribution >= 0.6 is 11.3 Å². The fourth-order valence-corrected chi connectivity index (χ4v) is 3.19. The Hall–Kier alpha value is -0.910. The highest BCUT2D eigenvalue weighted by molar-refractivity contribution is 7.10. The second-order valence-electron chi connectivity index (χ2n) is 4.45. The van der Waals surface area contributed by atoms with Crippen molar-refractivity contribution in [3.63, 3.8) is 0 Å². The largest absolute Gasteiger partial charge is 0.480 e. The minimum absolute atomic E-state index is 0.170. The zero-order valence-corrected chi connectivity index (χ0v) is 10.5. The summed E-state index contributed by atoms with van der Waals surface area (Å²) in [4.78, 5) is 14.5. The molecule has 2 heterocycles. The van der Waals surface area contributed by atoms with Crippen LogP contribution in [0.5, 0.6) is 0 Å². The third kappa shape index (κ3) is 3.06. The van der Waals surface area contributed by atoms with Crippen molar-refractivity contribution in [3.8, 4) is 0 Å². The van der Waals surface area contributed by atoms with Crippen LogP contribution in [0.4, 0.5) is 0 Å². The Bertz CT molecular complexity index is 361. The van der Waals surface area contributed by atoms with Crippen LogP contribution in [0, 0.1) is 0 Å². The van der Waals surface area contributed by atoms with Gasteiger partial charge in [0, 0.05) is 10.9 Å². The van der Waals surface area contributed by atoms with E-state index < -0.39 is 12.0 Å². The van der Waals surface area contributed by atoms with Gasteiger partial charge in [0.05, 0.1) is 0 Å². The van der Waals surface area contributed by atoms with Crippen molar-refractivity contribution in [1.29, 1.82) is 0 Å². The van der Waals surface area contributed by atoms with Gasteiger partial charge in [-0.05, 0) is 43.8 Å². The van der Waals surface area contributed by atoms with Crippen molar-refractivity contribution in [2.75, 3.05) is 13.1 Å². The molecule has 1 aromatic rings. The van der Waals surface area contributed by atoms with E-state index in [0.29, 0.717) is 6.42 Å². The summed E-state index contributed by atoms with van der Waals surface area (Å²) in [5.74, 6) is -0.911. The predicted molar refractivity (Wildman–Crippen MR) is 68.1 cm³/mol. The van der Waals surface area contributed by atoms with Gasteiger partial charge < -0.3 is 10.8 Å². The first-order valence-corrected chi connectivity index (χ1v) is 6.82. The van der Waals surface area contributed by atoms with Crippen molar-refractivity contribution in [2.45, 2.75) is 31.3 Å². The van der Waals surface area contributed by atoms with E-state index in [4.69, 9.17) is 10.8 Å². The standard InChI is InChI=1S/C12H18N2O2S/c13-9(12(15)16)8-10(11-4-3-7-17-11)14-5-1-2-6-14/h3-4,7,9-10H,1-2,5-6,8,13H2,(H,15,16)/t9-,10+/m1/s1. The second-order valence-corrected chi connectivity index (χ2v) is 5.43. The fraction of sp³-hybridized carbons (Fsp3) is 0.583. The molecule has 4 nitrogen and oxygen atoms in total. The van der Waals surface area contributed by atoms with E-state index in [1.807, 2.05) is 11.4 Å². The Kier molecular flexibility index (Phi) is 4.15. The van der Waals surface area contributed by atoms with Crippen molar-refractivity contribution >= 4 is 17.3 Å². The van der Waals surface area contributed by atoms with E-state index in [-0.39, 0.29) is 6.04 Å². The van der Waals surface area contributed by atoms with E-state index in [1.54, 1.807) is 11.3 Å². The van der Waals surface area contributed by atoms with Crippen LogP contribution in [0.2, 0.25) is 0 Å². The van der Waals surface area contributed by atoms with Crippen molar-refractivity contribution in [3.05, 3.63) is 22.4 Å². The van der Waals surface area contributed by atoms with Gasteiger partial charge in [-0.3, -0.25) is 9.69 Å². The van der Waals surface area contributed by atoms with Gasteiger partial charge in [-0.15, -0.1) is 11.3 Å². The van der Waals surface area contributed by atoms with E-state index >= 15 is 0 Å². The average Bonchev–Trinajstić information content (AvgIpc) is 2.98. The van der Waals surface area contributed by atoms with Crippen molar-refractivity contribution in [1.82, 2.24) is 4.90 Å². The van der Waals surface area contributed by atoms with Crippen LogP contribution in [0.25, 0.3) is 0 Å². The Morgan fingerprint density at radius 3 is 2.76 bits per heavy atom. The third-order valence-electron chi connectivity index (χ3n) is 3.25. The first kappa shape index (κ1) is 12.5. The Morgan fingerprint density at radius 1 is 1.53 bits per heavy atom. The molecule has 3 N–H and O–H groups in total. The maximum absolute atomic E-state index is 10.9. The van der Waals surface area contributed by atoms with Gasteiger partial charge in [0.1, 0.15) is 6.04 Å². The minimum Gasteiger partial charge on any atom is -0.480 e. The molecule has 17 heavy (non-hydrogen) atoms. The highest BCUT2D eigenvalue weighted by atomic mass is 32.1. The summed E-state index contributed by atoms with van der Waals surface area (Å²) in [7, 11) is 0. The predicted octanol–water partition coefficient (Wildman–Crippen LogP) is 1.69. The molecule has 1 aromatic heterocycles. The summed E-state index contributed by atoms with van der Waals surface area (Å²) < 4.78 is 0. The van der Waals surface area contributed by atoms with Gasteiger partial charge in [-0.2, -0.15) is 0 Å². The van der Waals surface area contributed by atoms with Gasteiger partial charge in [0.25, 0.3) is 0 Å². The van der Waals surface area contributed by atoms with Crippen LogP contribution in [0.15, 0.2) is 17.5 Å². The highest BCUT2D eigenvalue weighted by Crippen LogP contribution is 2.31. The van der Waals surface area contributed by atoms with Crippen LogP contribution in [0.3, 0.4) is 0 Å². The van der Waals surface area contributed by atoms with Crippen LogP contribution in [-0.2, 0) is 4.79 Å². The summed E-state index contributed by atoms with van der Waals surface area (Å²) in [6.45, 7) is 2.10. The summed E-state index contributed by atoms with van der Waals surface area (Å²) in [6.07, 6.45) is 2.89. The number of thiophene rings is 1. The minimum atomic E-state index is -0.911. The lowest BCUT2D eigenvalue weighted by molar-refractivity contribution is -0.139. The third-order valence-corrected chi connectivity index (χ3v) is 4.22. The molecule has 0 saturated carbocycles. The number of carboxylic acids is 1. The maximum Gasteiger partial charge on any atom is 0.320 e. The van der Waals surface area contributed by atoms with Gasteiger partial charge in [-0.1, -0.05) is 6.07 Å². The van der Waals surface area contributed by atoms with Crippen molar-refractivity contribution in [2.24, 2.45) is 5.73 Å². The first-order chi connectivity index (χ1) is 8.18. The molecule has 0 aromatic carbocycles.